The fourth-order valence-electron chi connectivity index (χ4n) is 1.76. The summed E-state index contributed by atoms with van der Waals surface area (Å²) in [6.07, 6.45) is 1.62. The predicted molar refractivity (Wildman–Crippen MR) is 65.4 cm³/mol. The first-order valence-corrected chi connectivity index (χ1v) is 6.21. The van der Waals surface area contributed by atoms with Crippen molar-refractivity contribution in [3.05, 3.63) is 34.3 Å². The molecule has 1 amide bonds. The Labute approximate surface area is 104 Å². The van der Waals surface area contributed by atoms with Gasteiger partial charge in [-0.2, -0.15) is 0 Å². The number of amides is 1. The molecule has 1 aromatic carbocycles. The van der Waals surface area contributed by atoms with Crippen molar-refractivity contribution < 1.29 is 9.53 Å². The Hall–Kier alpha value is -1.03. The standard InChI is InChI=1S/C12H14BrNO2/c13-11-4-1-3-10(9-11)5-7-14-6-2-8-16-12(14)15/h1,3-4,9H,2,5-8H2. The maximum absolute atomic E-state index is 11.4. The lowest BCUT2D eigenvalue weighted by Crippen LogP contribution is -2.38. The molecule has 0 spiro atoms. The zero-order valence-corrected chi connectivity index (χ0v) is 10.6. The van der Waals surface area contributed by atoms with E-state index in [-0.39, 0.29) is 6.09 Å². The summed E-state index contributed by atoms with van der Waals surface area (Å²) in [6, 6.07) is 8.15. The summed E-state index contributed by atoms with van der Waals surface area (Å²) in [5.41, 5.74) is 1.23. The Kier molecular flexibility index (Phi) is 3.83. The third-order valence-electron chi connectivity index (χ3n) is 2.62. The van der Waals surface area contributed by atoms with Crippen molar-refractivity contribution >= 4 is 22.0 Å². The van der Waals surface area contributed by atoms with Crippen molar-refractivity contribution in [3.63, 3.8) is 0 Å². The number of ether oxygens (including phenoxy) is 1. The van der Waals surface area contributed by atoms with Crippen LogP contribution in [0.1, 0.15) is 12.0 Å². The molecule has 0 unspecified atom stereocenters. The number of nitrogens with zero attached hydrogens (tertiary/aromatic N) is 1. The average molecular weight is 284 g/mol. The number of rotatable bonds is 3. The molecule has 1 aliphatic heterocycles. The van der Waals surface area contributed by atoms with E-state index in [1.54, 1.807) is 4.90 Å². The lowest BCUT2D eigenvalue weighted by Gasteiger charge is -2.26. The Morgan fingerprint density at radius 1 is 1.44 bits per heavy atom. The normalized spacial score (nSPS) is 16.1. The van der Waals surface area contributed by atoms with Gasteiger partial charge in [0.05, 0.1) is 6.61 Å². The molecule has 0 bridgehead atoms. The number of halogens is 1. The highest BCUT2D eigenvalue weighted by atomic mass is 79.9. The van der Waals surface area contributed by atoms with Crippen molar-refractivity contribution in [2.24, 2.45) is 0 Å². The quantitative estimate of drug-likeness (QED) is 0.854. The molecule has 0 aliphatic carbocycles. The largest absolute Gasteiger partial charge is 0.449 e. The highest BCUT2D eigenvalue weighted by Gasteiger charge is 2.18. The molecule has 16 heavy (non-hydrogen) atoms. The molecule has 0 radical (unpaired) electrons. The zero-order valence-electron chi connectivity index (χ0n) is 8.99. The predicted octanol–water partition coefficient (Wildman–Crippen LogP) is 2.83. The minimum absolute atomic E-state index is 0.179. The van der Waals surface area contributed by atoms with Gasteiger partial charge in [0.1, 0.15) is 0 Å². The number of hydrogen-bond acceptors (Lipinski definition) is 2. The molecule has 3 nitrogen and oxygen atoms in total. The SMILES string of the molecule is O=C1OCCCN1CCc1cccc(Br)c1. The van der Waals surface area contributed by atoms with E-state index in [9.17, 15) is 4.79 Å². The zero-order chi connectivity index (χ0) is 11.4. The topological polar surface area (TPSA) is 29.5 Å². The smallest absolute Gasteiger partial charge is 0.409 e. The second-order valence-electron chi connectivity index (χ2n) is 3.83. The van der Waals surface area contributed by atoms with Crippen LogP contribution in [0.4, 0.5) is 4.79 Å². The van der Waals surface area contributed by atoms with E-state index < -0.39 is 0 Å². The van der Waals surface area contributed by atoms with Crippen LogP contribution < -0.4 is 0 Å². The molecule has 0 atom stereocenters. The van der Waals surface area contributed by atoms with E-state index in [4.69, 9.17) is 4.74 Å². The van der Waals surface area contributed by atoms with Crippen molar-refractivity contribution in [1.29, 1.82) is 0 Å². The monoisotopic (exact) mass is 283 g/mol. The molecule has 1 aromatic rings. The number of cyclic esters (lactones) is 1. The van der Waals surface area contributed by atoms with Gasteiger partial charge in [-0.1, -0.05) is 28.1 Å². The number of benzene rings is 1. The van der Waals surface area contributed by atoms with Gasteiger partial charge >= 0.3 is 6.09 Å². The van der Waals surface area contributed by atoms with Gasteiger partial charge in [0, 0.05) is 17.6 Å². The van der Waals surface area contributed by atoms with Gasteiger partial charge in [-0.3, -0.25) is 0 Å². The molecule has 1 heterocycles. The van der Waals surface area contributed by atoms with E-state index in [2.05, 4.69) is 28.1 Å². The molecule has 0 saturated carbocycles. The Morgan fingerprint density at radius 2 is 2.31 bits per heavy atom. The Bertz CT molecular complexity index is 381. The molecule has 2 rings (SSSR count). The van der Waals surface area contributed by atoms with Crippen molar-refractivity contribution in [1.82, 2.24) is 4.90 Å². The summed E-state index contributed by atoms with van der Waals surface area (Å²) in [4.78, 5) is 13.1. The maximum atomic E-state index is 11.4. The maximum Gasteiger partial charge on any atom is 0.409 e. The van der Waals surface area contributed by atoms with Crippen molar-refractivity contribution in [3.8, 4) is 0 Å². The fraction of sp³-hybridized carbons (Fsp3) is 0.417. The summed E-state index contributed by atoms with van der Waals surface area (Å²) >= 11 is 3.43. The first-order chi connectivity index (χ1) is 7.75. The molecule has 86 valence electrons. The number of carbonyl (C=O) groups excluding carboxylic acids is 1. The Balaban J connectivity index is 1.89. The van der Waals surface area contributed by atoms with Gasteiger partial charge < -0.3 is 9.64 Å². The highest BCUT2D eigenvalue weighted by molar-refractivity contribution is 9.10. The summed E-state index contributed by atoms with van der Waals surface area (Å²) in [7, 11) is 0. The van der Waals surface area contributed by atoms with Gasteiger partial charge in [-0.25, -0.2) is 4.79 Å². The van der Waals surface area contributed by atoms with Crippen molar-refractivity contribution in [2.75, 3.05) is 19.7 Å². The van der Waals surface area contributed by atoms with Crippen LogP contribution in [-0.4, -0.2) is 30.7 Å². The summed E-state index contributed by atoms with van der Waals surface area (Å²) in [6.45, 7) is 2.11. The molecule has 1 fully saturated rings. The molecule has 1 aliphatic rings. The van der Waals surface area contributed by atoms with Crippen LogP contribution in [0.2, 0.25) is 0 Å². The average Bonchev–Trinajstić information content (AvgIpc) is 2.28. The molecule has 1 saturated heterocycles. The van der Waals surface area contributed by atoms with E-state index >= 15 is 0 Å². The minimum atomic E-state index is -0.179. The van der Waals surface area contributed by atoms with Gasteiger partial charge in [0.25, 0.3) is 0 Å². The summed E-state index contributed by atoms with van der Waals surface area (Å²) in [5.74, 6) is 0. The lowest BCUT2D eigenvalue weighted by molar-refractivity contribution is 0.0735. The third-order valence-corrected chi connectivity index (χ3v) is 3.11. The van der Waals surface area contributed by atoms with Gasteiger partial charge in [0.2, 0.25) is 0 Å². The molecule has 0 N–H and O–H groups in total. The van der Waals surface area contributed by atoms with Crippen LogP contribution in [0.15, 0.2) is 28.7 Å². The van der Waals surface area contributed by atoms with Crippen LogP contribution in [0.25, 0.3) is 0 Å². The second-order valence-corrected chi connectivity index (χ2v) is 4.75. The van der Waals surface area contributed by atoms with E-state index in [1.165, 1.54) is 5.56 Å². The summed E-state index contributed by atoms with van der Waals surface area (Å²) < 4.78 is 6.06. The van der Waals surface area contributed by atoms with E-state index in [0.717, 1.165) is 30.4 Å². The fourth-order valence-corrected chi connectivity index (χ4v) is 2.20. The molecule has 0 aromatic heterocycles. The Morgan fingerprint density at radius 3 is 3.06 bits per heavy atom. The highest BCUT2D eigenvalue weighted by Crippen LogP contribution is 2.13. The van der Waals surface area contributed by atoms with Crippen molar-refractivity contribution in [2.45, 2.75) is 12.8 Å². The van der Waals surface area contributed by atoms with Gasteiger partial charge in [-0.05, 0) is 30.5 Å². The first kappa shape index (κ1) is 11.5. The second kappa shape index (κ2) is 5.34. The molecular formula is C12H14BrNO2. The minimum Gasteiger partial charge on any atom is -0.449 e. The van der Waals surface area contributed by atoms with Crippen LogP contribution in [0.3, 0.4) is 0 Å². The van der Waals surface area contributed by atoms with Gasteiger partial charge in [-0.15, -0.1) is 0 Å². The lowest BCUT2D eigenvalue weighted by atomic mass is 10.1. The number of carbonyl (C=O) groups is 1. The first-order valence-electron chi connectivity index (χ1n) is 5.42. The van der Waals surface area contributed by atoms with Gasteiger partial charge in [0.15, 0.2) is 0 Å². The van der Waals surface area contributed by atoms with Crippen LogP contribution in [0, 0.1) is 0 Å². The van der Waals surface area contributed by atoms with Crippen LogP contribution in [-0.2, 0) is 11.2 Å². The van der Waals surface area contributed by atoms with E-state index in [1.807, 2.05) is 12.1 Å². The van der Waals surface area contributed by atoms with Crippen LogP contribution >= 0.6 is 15.9 Å². The molecular weight excluding hydrogens is 270 g/mol. The third kappa shape index (κ3) is 2.98. The van der Waals surface area contributed by atoms with E-state index in [0.29, 0.717) is 6.61 Å². The van der Waals surface area contributed by atoms with Crippen LogP contribution in [0.5, 0.6) is 0 Å². The summed E-state index contributed by atoms with van der Waals surface area (Å²) in [5, 5.41) is 0. The molecule has 4 heteroatoms. The number of hydrogen-bond donors (Lipinski definition) is 0.